The molecule has 1 saturated heterocycles. The molecule has 0 unspecified atom stereocenters. The molecule has 1 aliphatic heterocycles. The van der Waals surface area contributed by atoms with E-state index >= 15 is 0 Å². The van der Waals surface area contributed by atoms with Crippen molar-refractivity contribution in [2.75, 3.05) is 39.9 Å². The zero-order valence-corrected chi connectivity index (χ0v) is 19.5. The Bertz CT molecular complexity index is 765. The van der Waals surface area contributed by atoms with Crippen LogP contribution in [-0.2, 0) is 17.8 Å². The zero-order chi connectivity index (χ0) is 21.5. The number of aryl methyl sites for hydroxylation is 1. The van der Waals surface area contributed by atoms with Crippen molar-refractivity contribution in [3.05, 3.63) is 47.0 Å². The molecule has 0 aliphatic carbocycles. The van der Waals surface area contributed by atoms with Gasteiger partial charge < -0.3 is 9.64 Å². The van der Waals surface area contributed by atoms with Gasteiger partial charge in [-0.2, -0.15) is 5.10 Å². The Balaban J connectivity index is 1.69. The van der Waals surface area contributed by atoms with Gasteiger partial charge in [0.15, 0.2) is 0 Å². The molecule has 0 spiro atoms. The number of nitrogens with zero attached hydrogens (tertiary/aromatic N) is 5. The van der Waals surface area contributed by atoms with Gasteiger partial charge in [0, 0.05) is 63.0 Å². The van der Waals surface area contributed by atoms with Gasteiger partial charge in [-0.15, -0.1) is 0 Å². The first-order valence-corrected chi connectivity index (χ1v) is 11.3. The third kappa shape index (κ3) is 6.13. The van der Waals surface area contributed by atoms with E-state index in [-0.39, 0.29) is 0 Å². The summed E-state index contributed by atoms with van der Waals surface area (Å²) in [6, 6.07) is 4.66. The van der Waals surface area contributed by atoms with Crippen LogP contribution >= 0.6 is 0 Å². The molecule has 6 nitrogen and oxygen atoms in total. The Morgan fingerprint density at radius 2 is 1.83 bits per heavy atom. The third-order valence-corrected chi connectivity index (χ3v) is 6.34. The number of methoxy groups -OCH3 is 1. The molecule has 6 heteroatoms. The predicted molar refractivity (Wildman–Crippen MR) is 121 cm³/mol. The Morgan fingerprint density at radius 3 is 2.43 bits per heavy atom. The first-order valence-electron chi connectivity index (χ1n) is 11.3. The van der Waals surface area contributed by atoms with Crippen molar-refractivity contribution in [2.45, 2.75) is 59.7 Å². The Hall–Kier alpha value is -1.76. The summed E-state index contributed by atoms with van der Waals surface area (Å²) in [5.41, 5.74) is 5.18. The van der Waals surface area contributed by atoms with Gasteiger partial charge >= 0.3 is 0 Å². The van der Waals surface area contributed by atoms with Gasteiger partial charge in [-0.1, -0.05) is 0 Å². The first-order chi connectivity index (χ1) is 14.5. The van der Waals surface area contributed by atoms with Crippen molar-refractivity contribution in [3.8, 4) is 0 Å². The summed E-state index contributed by atoms with van der Waals surface area (Å²) in [5.74, 6) is 0.742. The molecule has 1 fully saturated rings. The Labute approximate surface area is 182 Å². The van der Waals surface area contributed by atoms with Crippen molar-refractivity contribution >= 4 is 0 Å². The molecule has 166 valence electrons. The van der Waals surface area contributed by atoms with E-state index in [0.717, 1.165) is 44.4 Å². The molecule has 3 heterocycles. The topological polar surface area (TPSA) is 46.4 Å². The standard InChI is InChI=1S/C24H39N5O/c1-19(2)29-21(4)24(20(3)26-29)18-28(16-22-6-10-25-11-7-22)17-23-8-12-27(13-9-23)14-15-30-5/h6-7,10-11,19,23H,8-9,12-18H2,1-5H3. The van der Waals surface area contributed by atoms with E-state index in [2.05, 4.69) is 59.3 Å². The smallest absolute Gasteiger partial charge is 0.0641 e. The predicted octanol–water partition coefficient (Wildman–Crippen LogP) is 3.84. The van der Waals surface area contributed by atoms with Crippen molar-refractivity contribution in [3.63, 3.8) is 0 Å². The normalized spacial score (nSPS) is 16.1. The molecular weight excluding hydrogens is 374 g/mol. The Kier molecular flexibility index (Phi) is 8.42. The van der Waals surface area contributed by atoms with Crippen LogP contribution in [0, 0.1) is 19.8 Å². The van der Waals surface area contributed by atoms with Gasteiger partial charge in [0.1, 0.15) is 0 Å². The summed E-state index contributed by atoms with van der Waals surface area (Å²) in [5, 5.41) is 4.82. The first kappa shape index (κ1) is 22.9. The molecule has 0 atom stereocenters. The summed E-state index contributed by atoms with van der Waals surface area (Å²) >= 11 is 0. The van der Waals surface area contributed by atoms with Crippen molar-refractivity contribution in [1.29, 1.82) is 0 Å². The average molecular weight is 414 g/mol. The molecule has 0 N–H and O–H groups in total. The number of piperidine rings is 1. The van der Waals surface area contributed by atoms with Crippen LogP contribution in [0.5, 0.6) is 0 Å². The van der Waals surface area contributed by atoms with Gasteiger partial charge in [-0.05, 0) is 77.2 Å². The number of pyridine rings is 1. The SMILES string of the molecule is COCCN1CCC(CN(Cc2ccncc2)Cc2c(C)nn(C(C)C)c2C)CC1. The van der Waals surface area contributed by atoms with Crippen LogP contribution in [0.25, 0.3) is 0 Å². The summed E-state index contributed by atoms with van der Waals surface area (Å²) in [6.45, 7) is 16.1. The molecule has 0 radical (unpaired) electrons. The minimum Gasteiger partial charge on any atom is -0.383 e. The second-order valence-electron chi connectivity index (χ2n) is 8.99. The number of hydrogen-bond acceptors (Lipinski definition) is 5. The number of ether oxygens (including phenoxy) is 1. The fourth-order valence-corrected chi connectivity index (χ4v) is 4.56. The highest BCUT2D eigenvalue weighted by molar-refractivity contribution is 5.25. The Morgan fingerprint density at radius 1 is 1.13 bits per heavy atom. The second kappa shape index (κ2) is 11.0. The summed E-state index contributed by atoms with van der Waals surface area (Å²) in [7, 11) is 1.79. The van der Waals surface area contributed by atoms with Crippen LogP contribution in [0.4, 0.5) is 0 Å². The molecule has 0 amide bonds. The maximum Gasteiger partial charge on any atom is 0.0641 e. The fraction of sp³-hybridized carbons (Fsp3) is 0.667. The van der Waals surface area contributed by atoms with Crippen LogP contribution < -0.4 is 0 Å². The minimum absolute atomic E-state index is 0.391. The van der Waals surface area contributed by atoms with E-state index in [9.17, 15) is 0 Å². The number of likely N-dealkylation sites (tertiary alicyclic amines) is 1. The summed E-state index contributed by atoms with van der Waals surface area (Å²) in [4.78, 5) is 9.34. The van der Waals surface area contributed by atoms with Gasteiger partial charge in [0.2, 0.25) is 0 Å². The molecule has 0 bridgehead atoms. The lowest BCUT2D eigenvalue weighted by Gasteiger charge is -2.35. The highest BCUT2D eigenvalue weighted by Gasteiger charge is 2.23. The lowest BCUT2D eigenvalue weighted by atomic mass is 9.95. The summed E-state index contributed by atoms with van der Waals surface area (Å²) < 4.78 is 7.42. The highest BCUT2D eigenvalue weighted by atomic mass is 16.5. The van der Waals surface area contributed by atoms with E-state index in [1.54, 1.807) is 7.11 Å². The van der Waals surface area contributed by atoms with Crippen molar-refractivity contribution in [2.24, 2.45) is 5.92 Å². The lowest BCUT2D eigenvalue weighted by Crippen LogP contribution is -2.39. The largest absolute Gasteiger partial charge is 0.383 e. The molecule has 1 aliphatic rings. The summed E-state index contributed by atoms with van der Waals surface area (Å²) in [6.07, 6.45) is 6.32. The van der Waals surface area contributed by atoms with Crippen LogP contribution in [0.1, 0.15) is 55.2 Å². The maximum absolute atomic E-state index is 5.25. The molecule has 3 rings (SSSR count). The number of hydrogen-bond donors (Lipinski definition) is 0. The van der Waals surface area contributed by atoms with Crippen LogP contribution in [0.2, 0.25) is 0 Å². The molecule has 2 aromatic rings. The average Bonchev–Trinajstić information content (AvgIpc) is 3.02. The van der Waals surface area contributed by atoms with Crippen LogP contribution in [-0.4, -0.2) is 64.5 Å². The molecule has 0 saturated carbocycles. The van der Waals surface area contributed by atoms with Crippen molar-refractivity contribution in [1.82, 2.24) is 24.6 Å². The maximum atomic E-state index is 5.25. The van der Waals surface area contributed by atoms with Gasteiger partial charge in [0.05, 0.1) is 12.3 Å². The van der Waals surface area contributed by atoms with E-state index < -0.39 is 0 Å². The quantitative estimate of drug-likeness (QED) is 0.592. The lowest BCUT2D eigenvalue weighted by molar-refractivity contribution is 0.103. The number of rotatable bonds is 10. The second-order valence-corrected chi connectivity index (χ2v) is 8.99. The van der Waals surface area contributed by atoms with Crippen molar-refractivity contribution < 1.29 is 4.74 Å². The van der Waals surface area contributed by atoms with E-state index in [1.165, 1.54) is 42.8 Å². The minimum atomic E-state index is 0.391. The molecule has 0 aromatic carbocycles. The van der Waals surface area contributed by atoms with Crippen LogP contribution in [0.15, 0.2) is 24.5 Å². The number of aromatic nitrogens is 3. The van der Waals surface area contributed by atoms with E-state index in [0.29, 0.717) is 6.04 Å². The molecular formula is C24H39N5O. The third-order valence-electron chi connectivity index (χ3n) is 6.34. The van der Waals surface area contributed by atoms with Crippen LogP contribution in [0.3, 0.4) is 0 Å². The zero-order valence-electron chi connectivity index (χ0n) is 19.5. The van der Waals surface area contributed by atoms with E-state index in [4.69, 9.17) is 9.84 Å². The van der Waals surface area contributed by atoms with Gasteiger partial charge in [-0.25, -0.2) is 0 Å². The van der Waals surface area contributed by atoms with Gasteiger partial charge in [-0.3, -0.25) is 14.6 Å². The van der Waals surface area contributed by atoms with Gasteiger partial charge in [0.25, 0.3) is 0 Å². The monoisotopic (exact) mass is 413 g/mol. The molecule has 2 aromatic heterocycles. The molecule has 30 heavy (non-hydrogen) atoms. The fourth-order valence-electron chi connectivity index (χ4n) is 4.56. The van der Waals surface area contributed by atoms with E-state index in [1.807, 2.05) is 12.4 Å². The highest BCUT2D eigenvalue weighted by Crippen LogP contribution is 2.24.